The largest absolute Gasteiger partial charge is 0.485 e. The van der Waals surface area contributed by atoms with Gasteiger partial charge in [0.2, 0.25) is 11.7 Å². The van der Waals surface area contributed by atoms with E-state index in [2.05, 4.69) is 42.5 Å². The smallest absolute Gasteiger partial charge is 0.225 e. The molecule has 0 spiro atoms. The molecule has 1 heterocycles. The predicted octanol–water partition coefficient (Wildman–Crippen LogP) is 5.62. The lowest BCUT2D eigenvalue weighted by molar-refractivity contribution is -0.120. The zero-order valence-corrected chi connectivity index (χ0v) is 21.0. The van der Waals surface area contributed by atoms with Gasteiger partial charge in [0.25, 0.3) is 0 Å². The maximum atomic E-state index is 13.0. The third kappa shape index (κ3) is 5.89. The fourth-order valence-corrected chi connectivity index (χ4v) is 4.34. The van der Waals surface area contributed by atoms with Gasteiger partial charge in [0, 0.05) is 0 Å². The number of Topliss-reactive ketones (excluding diaryl/α,β-unsaturated/α-hetero) is 1. The number of nitrogens with zero attached hydrogens (tertiary/aromatic N) is 1. The van der Waals surface area contributed by atoms with Crippen molar-refractivity contribution in [3.05, 3.63) is 118 Å². The van der Waals surface area contributed by atoms with E-state index in [0.717, 1.165) is 22.3 Å². The molecule has 1 N–H and O–H groups in total. The maximum Gasteiger partial charge on any atom is 0.225 e. The van der Waals surface area contributed by atoms with Gasteiger partial charge in [0.15, 0.2) is 6.61 Å². The van der Waals surface area contributed by atoms with Crippen molar-refractivity contribution in [2.45, 2.75) is 40.2 Å². The summed E-state index contributed by atoms with van der Waals surface area (Å²) < 4.78 is 10.7. The Morgan fingerprint density at radius 1 is 0.944 bits per heavy atom. The normalized spacial score (nSPS) is 11.7. The van der Waals surface area contributed by atoms with E-state index < -0.39 is 0 Å². The first-order chi connectivity index (χ1) is 17.3. The van der Waals surface area contributed by atoms with E-state index >= 15 is 0 Å². The van der Waals surface area contributed by atoms with Gasteiger partial charge in [0.1, 0.15) is 11.5 Å². The number of aromatic nitrogens is 1. The summed E-state index contributed by atoms with van der Waals surface area (Å²) in [4.78, 5) is 25.5. The molecule has 0 aliphatic carbocycles. The quantitative estimate of drug-likeness (QED) is 0.313. The average Bonchev–Trinajstić information content (AvgIpc) is 3.20. The molecule has 0 radical (unpaired) electrons. The highest BCUT2D eigenvalue weighted by atomic mass is 16.5. The number of rotatable bonds is 9. The molecule has 6 nitrogen and oxygen atoms in total. The molecule has 0 saturated carbocycles. The minimum Gasteiger partial charge on any atom is -0.485 e. The van der Waals surface area contributed by atoms with Crippen LogP contribution in [0.1, 0.15) is 55.7 Å². The maximum absolute atomic E-state index is 13.0. The van der Waals surface area contributed by atoms with Crippen molar-refractivity contribution in [2.24, 2.45) is 0 Å². The van der Waals surface area contributed by atoms with Gasteiger partial charge < -0.3 is 14.6 Å². The molecule has 36 heavy (non-hydrogen) atoms. The van der Waals surface area contributed by atoms with Crippen molar-refractivity contribution < 1.29 is 18.8 Å². The molecule has 0 aliphatic heterocycles. The van der Waals surface area contributed by atoms with Gasteiger partial charge >= 0.3 is 0 Å². The summed E-state index contributed by atoms with van der Waals surface area (Å²) in [5.41, 5.74) is 6.29. The Morgan fingerprint density at radius 2 is 1.67 bits per heavy atom. The SMILES string of the molecule is Cc1ccc(C(NC(=O)Cc2ccc(OCC(=O)c3c(C)noc3C)cc2)c2ccccc2)c(C)c1. The lowest BCUT2D eigenvalue weighted by atomic mass is 9.93. The molecule has 4 aromatic rings. The number of aryl methyl sites for hydroxylation is 4. The fourth-order valence-electron chi connectivity index (χ4n) is 4.34. The molecule has 1 amide bonds. The average molecular weight is 483 g/mol. The van der Waals surface area contributed by atoms with Crippen LogP contribution in [0, 0.1) is 27.7 Å². The third-order valence-electron chi connectivity index (χ3n) is 6.14. The number of carbonyl (C=O) groups is 2. The zero-order valence-electron chi connectivity index (χ0n) is 21.0. The summed E-state index contributed by atoms with van der Waals surface area (Å²) in [6, 6.07) is 23.2. The fraction of sp³-hybridized carbons (Fsp3) is 0.233. The summed E-state index contributed by atoms with van der Waals surface area (Å²) >= 11 is 0. The Morgan fingerprint density at radius 3 is 2.31 bits per heavy atom. The molecule has 184 valence electrons. The van der Waals surface area contributed by atoms with Gasteiger partial charge in [-0.05, 0) is 62.1 Å². The van der Waals surface area contributed by atoms with Gasteiger partial charge in [-0.25, -0.2) is 0 Å². The van der Waals surface area contributed by atoms with Gasteiger partial charge in [-0.15, -0.1) is 0 Å². The van der Waals surface area contributed by atoms with Crippen LogP contribution in [-0.4, -0.2) is 23.5 Å². The second-order valence-corrected chi connectivity index (χ2v) is 9.00. The highest BCUT2D eigenvalue weighted by Gasteiger charge is 2.20. The highest BCUT2D eigenvalue weighted by molar-refractivity contribution is 5.99. The van der Waals surface area contributed by atoms with Crippen LogP contribution in [0.5, 0.6) is 5.75 Å². The van der Waals surface area contributed by atoms with E-state index in [0.29, 0.717) is 22.8 Å². The van der Waals surface area contributed by atoms with E-state index in [9.17, 15) is 9.59 Å². The summed E-state index contributed by atoms with van der Waals surface area (Å²) in [7, 11) is 0. The van der Waals surface area contributed by atoms with Gasteiger partial charge in [0.05, 0.1) is 23.7 Å². The highest BCUT2D eigenvalue weighted by Crippen LogP contribution is 2.26. The Balaban J connectivity index is 1.40. The second-order valence-electron chi connectivity index (χ2n) is 9.00. The van der Waals surface area contributed by atoms with Crippen molar-refractivity contribution in [3.8, 4) is 5.75 Å². The molecule has 1 unspecified atom stereocenters. The van der Waals surface area contributed by atoms with Crippen molar-refractivity contribution in [3.63, 3.8) is 0 Å². The molecule has 6 heteroatoms. The van der Waals surface area contributed by atoms with Crippen molar-refractivity contribution in [1.29, 1.82) is 0 Å². The van der Waals surface area contributed by atoms with Gasteiger partial charge in [-0.1, -0.05) is 71.4 Å². The van der Waals surface area contributed by atoms with E-state index in [4.69, 9.17) is 9.26 Å². The lowest BCUT2D eigenvalue weighted by Gasteiger charge is -2.22. The van der Waals surface area contributed by atoms with Crippen LogP contribution in [-0.2, 0) is 11.2 Å². The van der Waals surface area contributed by atoms with Crippen molar-refractivity contribution in [2.75, 3.05) is 6.61 Å². The van der Waals surface area contributed by atoms with Crippen LogP contribution >= 0.6 is 0 Å². The molecule has 3 aromatic carbocycles. The molecule has 1 aromatic heterocycles. The minimum atomic E-state index is -0.239. The Labute approximate surface area is 211 Å². The topological polar surface area (TPSA) is 81.4 Å². The van der Waals surface area contributed by atoms with Gasteiger partial charge in [-0.2, -0.15) is 0 Å². The van der Waals surface area contributed by atoms with E-state index in [1.165, 1.54) is 5.56 Å². The number of nitrogens with one attached hydrogen (secondary N) is 1. The number of ether oxygens (including phenoxy) is 1. The molecular formula is C30H30N2O4. The molecule has 0 fully saturated rings. The van der Waals surface area contributed by atoms with Crippen molar-refractivity contribution in [1.82, 2.24) is 10.5 Å². The first kappa shape index (κ1) is 24.9. The number of carbonyl (C=O) groups excluding carboxylic acids is 2. The van der Waals surface area contributed by atoms with Crippen LogP contribution in [0.3, 0.4) is 0 Å². The Kier molecular flexibility index (Phi) is 7.64. The molecule has 0 saturated heterocycles. The number of amides is 1. The van der Waals surface area contributed by atoms with E-state index in [1.807, 2.05) is 42.5 Å². The molecule has 0 aliphatic rings. The van der Waals surface area contributed by atoms with Crippen molar-refractivity contribution >= 4 is 11.7 Å². The molecule has 1 atom stereocenters. The number of ketones is 1. The van der Waals surface area contributed by atoms with Crippen LogP contribution in [0.25, 0.3) is 0 Å². The first-order valence-corrected chi connectivity index (χ1v) is 11.9. The third-order valence-corrected chi connectivity index (χ3v) is 6.14. The standard InChI is InChI=1S/C30H30N2O4/c1-19-10-15-26(20(2)16-19)30(24-8-6-5-7-9-24)31-28(34)17-23-11-13-25(14-12-23)35-18-27(33)29-21(3)32-36-22(29)4/h5-16,30H,17-18H2,1-4H3,(H,31,34). The van der Waals surface area contributed by atoms with Crippen LogP contribution in [0.15, 0.2) is 77.3 Å². The van der Waals surface area contributed by atoms with Gasteiger partial charge in [-0.3, -0.25) is 9.59 Å². The molecule has 0 bridgehead atoms. The molecular weight excluding hydrogens is 452 g/mol. The minimum absolute atomic E-state index is 0.0777. The first-order valence-electron chi connectivity index (χ1n) is 11.9. The number of benzene rings is 3. The Hall–Kier alpha value is -4.19. The Bertz CT molecular complexity index is 1340. The lowest BCUT2D eigenvalue weighted by Crippen LogP contribution is -2.31. The van der Waals surface area contributed by atoms with E-state index in [1.54, 1.807) is 26.0 Å². The molecule has 4 rings (SSSR count). The number of hydrogen-bond donors (Lipinski definition) is 1. The second kappa shape index (κ2) is 11.0. The summed E-state index contributed by atoms with van der Waals surface area (Å²) in [5.74, 6) is 0.771. The summed E-state index contributed by atoms with van der Waals surface area (Å²) in [5, 5.41) is 7.02. The van der Waals surface area contributed by atoms with E-state index in [-0.39, 0.29) is 30.8 Å². The predicted molar refractivity (Wildman–Crippen MR) is 138 cm³/mol. The van der Waals surface area contributed by atoms with Crippen LogP contribution in [0.2, 0.25) is 0 Å². The number of hydrogen-bond acceptors (Lipinski definition) is 5. The van der Waals surface area contributed by atoms with Crippen LogP contribution in [0.4, 0.5) is 0 Å². The zero-order chi connectivity index (χ0) is 25.7. The van der Waals surface area contributed by atoms with Crippen LogP contribution < -0.4 is 10.1 Å². The monoisotopic (exact) mass is 482 g/mol. The summed E-state index contributed by atoms with van der Waals surface area (Å²) in [6.07, 6.45) is 0.229. The summed E-state index contributed by atoms with van der Waals surface area (Å²) in [6.45, 7) is 7.45.